The van der Waals surface area contributed by atoms with Gasteiger partial charge in [-0.05, 0) is 17.5 Å². The van der Waals surface area contributed by atoms with E-state index < -0.39 is 12.8 Å². The van der Waals surface area contributed by atoms with Crippen LogP contribution in [0.1, 0.15) is 25.3 Å². The van der Waals surface area contributed by atoms with Gasteiger partial charge in [0, 0.05) is 0 Å². The molecular formula is C11H13F3O. The zero-order valence-corrected chi connectivity index (χ0v) is 8.64. The Morgan fingerprint density at radius 1 is 1.20 bits per heavy atom. The van der Waals surface area contributed by atoms with Gasteiger partial charge in [0.05, 0.1) is 0 Å². The number of ether oxygens (including phenoxy) is 1. The van der Waals surface area contributed by atoms with E-state index in [-0.39, 0.29) is 5.92 Å². The molecule has 0 atom stereocenters. The first kappa shape index (κ1) is 11.9. The molecule has 0 N–H and O–H groups in total. The second-order valence-electron chi connectivity index (χ2n) is 3.60. The van der Waals surface area contributed by atoms with Crippen LogP contribution in [0.3, 0.4) is 0 Å². The summed E-state index contributed by atoms with van der Waals surface area (Å²) in [5.41, 5.74) is 0.793. The van der Waals surface area contributed by atoms with Crippen LogP contribution in [0.15, 0.2) is 24.3 Å². The molecule has 1 nitrogen and oxygen atoms in total. The van der Waals surface area contributed by atoms with Crippen molar-refractivity contribution in [1.29, 1.82) is 0 Å². The summed E-state index contributed by atoms with van der Waals surface area (Å²) in [7, 11) is 0. The summed E-state index contributed by atoms with van der Waals surface area (Å²) in [5.74, 6) is 0.458. The number of benzene rings is 1. The number of alkyl halides is 3. The number of rotatable bonds is 3. The van der Waals surface area contributed by atoms with Gasteiger partial charge in [-0.1, -0.05) is 32.0 Å². The van der Waals surface area contributed by atoms with Crippen molar-refractivity contribution in [3.05, 3.63) is 29.8 Å². The van der Waals surface area contributed by atoms with Gasteiger partial charge in [0.1, 0.15) is 5.75 Å². The molecule has 1 aromatic rings. The monoisotopic (exact) mass is 218 g/mol. The number of para-hydroxylation sites is 1. The summed E-state index contributed by atoms with van der Waals surface area (Å²) >= 11 is 0. The van der Waals surface area contributed by atoms with Crippen LogP contribution in [0.4, 0.5) is 13.2 Å². The van der Waals surface area contributed by atoms with Gasteiger partial charge in [-0.3, -0.25) is 0 Å². The van der Waals surface area contributed by atoms with Crippen molar-refractivity contribution in [2.24, 2.45) is 0 Å². The molecule has 84 valence electrons. The van der Waals surface area contributed by atoms with E-state index in [4.69, 9.17) is 4.74 Å². The average Bonchev–Trinajstić information content (AvgIpc) is 2.14. The van der Waals surface area contributed by atoms with E-state index in [9.17, 15) is 13.2 Å². The summed E-state index contributed by atoms with van der Waals surface area (Å²) in [6.07, 6.45) is -4.29. The summed E-state index contributed by atoms with van der Waals surface area (Å²) in [6, 6.07) is 6.78. The lowest BCUT2D eigenvalue weighted by Crippen LogP contribution is -2.19. The first-order valence-electron chi connectivity index (χ1n) is 4.68. The third kappa shape index (κ3) is 3.81. The fraction of sp³-hybridized carbons (Fsp3) is 0.455. The van der Waals surface area contributed by atoms with Gasteiger partial charge >= 0.3 is 6.18 Å². The van der Waals surface area contributed by atoms with Crippen molar-refractivity contribution in [3.63, 3.8) is 0 Å². The van der Waals surface area contributed by atoms with Gasteiger partial charge in [0.2, 0.25) is 0 Å². The van der Waals surface area contributed by atoms with Crippen LogP contribution >= 0.6 is 0 Å². The van der Waals surface area contributed by atoms with Crippen LogP contribution in [-0.4, -0.2) is 12.8 Å². The van der Waals surface area contributed by atoms with Crippen LogP contribution < -0.4 is 4.74 Å². The van der Waals surface area contributed by atoms with Crippen molar-refractivity contribution in [1.82, 2.24) is 0 Å². The Balaban J connectivity index is 2.76. The Morgan fingerprint density at radius 2 is 1.80 bits per heavy atom. The van der Waals surface area contributed by atoms with E-state index >= 15 is 0 Å². The Hall–Kier alpha value is -1.19. The number of hydrogen-bond acceptors (Lipinski definition) is 1. The maximum atomic E-state index is 11.9. The fourth-order valence-electron chi connectivity index (χ4n) is 1.25. The molecule has 15 heavy (non-hydrogen) atoms. The first-order valence-corrected chi connectivity index (χ1v) is 4.68. The molecule has 0 aliphatic rings. The zero-order valence-electron chi connectivity index (χ0n) is 8.64. The minimum atomic E-state index is -4.29. The van der Waals surface area contributed by atoms with Gasteiger partial charge in [0.15, 0.2) is 6.61 Å². The van der Waals surface area contributed by atoms with Crippen LogP contribution in [-0.2, 0) is 0 Å². The van der Waals surface area contributed by atoms with Crippen LogP contribution in [0.25, 0.3) is 0 Å². The van der Waals surface area contributed by atoms with Gasteiger partial charge < -0.3 is 4.74 Å². The van der Waals surface area contributed by atoms with Gasteiger partial charge in [-0.2, -0.15) is 13.2 Å². The maximum Gasteiger partial charge on any atom is 0.422 e. The van der Waals surface area contributed by atoms with Crippen molar-refractivity contribution in [2.75, 3.05) is 6.61 Å². The molecular weight excluding hydrogens is 205 g/mol. The van der Waals surface area contributed by atoms with Crippen molar-refractivity contribution >= 4 is 0 Å². The minimum absolute atomic E-state index is 0.148. The lowest BCUT2D eigenvalue weighted by Gasteiger charge is -2.14. The van der Waals surface area contributed by atoms with Crippen molar-refractivity contribution in [3.8, 4) is 5.75 Å². The largest absolute Gasteiger partial charge is 0.484 e. The molecule has 0 saturated carbocycles. The molecule has 0 amide bonds. The lowest BCUT2D eigenvalue weighted by atomic mass is 10.0. The molecule has 4 heteroatoms. The van der Waals surface area contributed by atoms with Crippen LogP contribution in [0, 0.1) is 0 Å². The van der Waals surface area contributed by atoms with Gasteiger partial charge in [0.25, 0.3) is 0 Å². The van der Waals surface area contributed by atoms with Crippen LogP contribution in [0.2, 0.25) is 0 Å². The lowest BCUT2D eigenvalue weighted by molar-refractivity contribution is -0.153. The SMILES string of the molecule is CC(C)c1ccccc1OCC(F)(F)F. The molecule has 0 spiro atoms. The quantitative estimate of drug-likeness (QED) is 0.750. The number of halogens is 3. The van der Waals surface area contributed by atoms with Crippen molar-refractivity contribution in [2.45, 2.75) is 25.9 Å². The molecule has 0 fully saturated rings. The summed E-state index contributed by atoms with van der Waals surface area (Å²) < 4.78 is 40.6. The molecule has 0 heterocycles. The van der Waals surface area contributed by atoms with Crippen LogP contribution in [0.5, 0.6) is 5.75 Å². The molecule has 0 saturated heterocycles. The van der Waals surface area contributed by atoms with E-state index in [1.54, 1.807) is 24.3 Å². The molecule has 0 bridgehead atoms. The second kappa shape index (κ2) is 4.55. The molecule has 0 unspecified atom stereocenters. The smallest absolute Gasteiger partial charge is 0.422 e. The molecule has 0 radical (unpaired) electrons. The van der Waals surface area contributed by atoms with E-state index in [1.165, 1.54) is 0 Å². The van der Waals surface area contributed by atoms with Gasteiger partial charge in [-0.25, -0.2) is 0 Å². The van der Waals surface area contributed by atoms with Crippen molar-refractivity contribution < 1.29 is 17.9 Å². The normalized spacial score (nSPS) is 11.9. The fourth-order valence-corrected chi connectivity index (χ4v) is 1.25. The van der Waals surface area contributed by atoms with E-state index in [0.29, 0.717) is 5.75 Å². The highest BCUT2D eigenvalue weighted by atomic mass is 19.4. The third-order valence-corrected chi connectivity index (χ3v) is 1.93. The molecule has 1 aromatic carbocycles. The maximum absolute atomic E-state index is 11.9. The summed E-state index contributed by atoms with van der Waals surface area (Å²) in [4.78, 5) is 0. The summed E-state index contributed by atoms with van der Waals surface area (Å²) in [5, 5.41) is 0. The average molecular weight is 218 g/mol. The minimum Gasteiger partial charge on any atom is -0.484 e. The second-order valence-corrected chi connectivity index (χ2v) is 3.60. The highest BCUT2D eigenvalue weighted by Crippen LogP contribution is 2.27. The Labute approximate surface area is 86.9 Å². The Kier molecular flexibility index (Phi) is 3.61. The predicted molar refractivity (Wildman–Crippen MR) is 52.1 cm³/mol. The predicted octanol–water partition coefficient (Wildman–Crippen LogP) is 3.75. The molecule has 0 aliphatic carbocycles. The topological polar surface area (TPSA) is 9.23 Å². The number of hydrogen-bond donors (Lipinski definition) is 0. The Morgan fingerprint density at radius 3 is 2.33 bits per heavy atom. The summed E-state index contributed by atoms with van der Waals surface area (Å²) in [6.45, 7) is 2.59. The van der Waals surface area contributed by atoms with Gasteiger partial charge in [-0.15, -0.1) is 0 Å². The van der Waals surface area contributed by atoms with E-state index in [2.05, 4.69) is 0 Å². The highest BCUT2D eigenvalue weighted by Gasteiger charge is 2.28. The van der Waals surface area contributed by atoms with E-state index in [0.717, 1.165) is 5.56 Å². The van der Waals surface area contributed by atoms with E-state index in [1.807, 2.05) is 13.8 Å². The highest BCUT2D eigenvalue weighted by molar-refractivity contribution is 5.35. The molecule has 0 aliphatic heterocycles. The Bertz CT molecular complexity index is 318. The first-order chi connectivity index (χ1) is 6.90. The zero-order chi connectivity index (χ0) is 11.5. The molecule has 0 aromatic heterocycles. The molecule has 1 rings (SSSR count). The standard InChI is InChI=1S/C11H13F3O/c1-8(2)9-5-3-4-6-10(9)15-7-11(12,13)14/h3-6,8H,7H2,1-2H3. The third-order valence-electron chi connectivity index (χ3n) is 1.93.